The van der Waals surface area contributed by atoms with Crippen LogP contribution in [0.2, 0.25) is 0 Å². The average Bonchev–Trinajstić information content (AvgIpc) is 2.71. The van der Waals surface area contributed by atoms with Gasteiger partial charge in [0.15, 0.2) is 11.6 Å². The minimum Gasteiger partial charge on any atom is -0.481 e. The largest absolute Gasteiger partial charge is 0.481 e. The van der Waals surface area contributed by atoms with E-state index in [9.17, 15) is 9.59 Å². The summed E-state index contributed by atoms with van der Waals surface area (Å²) in [5.41, 5.74) is 6.42. The lowest BCUT2D eigenvalue weighted by atomic mass is 10.0. The highest BCUT2D eigenvalue weighted by Crippen LogP contribution is 2.22. The van der Waals surface area contributed by atoms with Crippen molar-refractivity contribution in [1.82, 2.24) is 9.13 Å². The first kappa shape index (κ1) is 21.5. The van der Waals surface area contributed by atoms with Crippen molar-refractivity contribution in [3.05, 3.63) is 56.7 Å². The summed E-state index contributed by atoms with van der Waals surface area (Å²) >= 11 is 0. The van der Waals surface area contributed by atoms with Crippen LogP contribution in [-0.4, -0.2) is 21.6 Å². The van der Waals surface area contributed by atoms with Crippen LogP contribution in [0, 0.1) is 0 Å². The van der Waals surface area contributed by atoms with E-state index in [-0.39, 0.29) is 23.1 Å². The zero-order valence-corrected chi connectivity index (χ0v) is 17.1. The number of anilines is 1. The average molecular weight is 386 g/mol. The molecule has 2 N–H and O–H groups in total. The second-order valence-electron chi connectivity index (χ2n) is 6.64. The number of ether oxygens (including phenoxy) is 1. The van der Waals surface area contributed by atoms with Gasteiger partial charge >= 0.3 is 5.69 Å². The molecule has 7 nitrogen and oxygen atoms in total. The first-order valence-electron chi connectivity index (χ1n) is 9.85. The molecule has 7 heteroatoms. The van der Waals surface area contributed by atoms with Crippen LogP contribution in [0.3, 0.4) is 0 Å². The van der Waals surface area contributed by atoms with Gasteiger partial charge in [0.2, 0.25) is 0 Å². The first-order chi connectivity index (χ1) is 13.5. The molecule has 1 aromatic carbocycles. The maximum Gasteiger partial charge on any atom is 0.332 e. The fourth-order valence-electron chi connectivity index (χ4n) is 3.06. The molecule has 0 radical (unpaired) electrons. The van der Waals surface area contributed by atoms with Gasteiger partial charge in [-0.1, -0.05) is 44.2 Å². The van der Waals surface area contributed by atoms with Crippen molar-refractivity contribution >= 4 is 17.4 Å². The molecule has 0 amide bonds. The zero-order valence-electron chi connectivity index (χ0n) is 17.1. The Morgan fingerprint density at radius 3 is 2.25 bits per heavy atom. The molecule has 0 fully saturated rings. The van der Waals surface area contributed by atoms with E-state index >= 15 is 0 Å². The van der Waals surface area contributed by atoms with E-state index in [4.69, 9.17) is 10.5 Å². The smallest absolute Gasteiger partial charge is 0.332 e. The number of nitrogen functional groups attached to an aromatic ring is 1. The van der Waals surface area contributed by atoms with Crippen LogP contribution >= 0.6 is 0 Å². The van der Waals surface area contributed by atoms with Crippen LogP contribution < -0.4 is 17.0 Å². The van der Waals surface area contributed by atoms with Crippen LogP contribution in [0.4, 0.5) is 11.5 Å². The van der Waals surface area contributed by atoms with Crippen molar-refractivity contribution in [2.45, 2.75) is 59.5 Å². The third-order valence-corrected chi connectivity index (χ3v) is 4.52. The molecule has 152 valence electrons. The quantitative estimate of drug-likeness (QED) is 0.557. The van der Waals surface area contributed by atoms with Gasteiger partial charge in [-0.15, -0.1) is 0 Å². The number of nitrogens with two attached hydrogens (primary N) is 1. The predicted octanol–water partition coefficient (Wildman–Crippen LogP) is 3.28. The van der Waals surface area contributed by atoms with Crippen LogP contribution in [0.15, 0.2) is 44.9 Å². The lowest BCUT2D eigenvalue weighted by molar-refractivity contribution is 0.313. The molecular formula is C21H30N4O3. The van der Waals surface area contributed by atoms with Gasteiger partial charge in [-0.25, -0.2) is 9.79 Å². The number of hydrogen-bond acceptors (Lipinski definition) is 5. The molecule has 0 saturated carbocycles. The number of nitrogens with zero attached hydrogens (tertiary/aromatic N) is 3. The number of rotatable bonds is 8. The molecule has 0 bridgehead atoms. The van der Waals surface area contributed by atoms with Crippen molar-refractivity contribution in [3.63, 3.8) is 0 Å². The summed E-state index contributed by atoms with van der Waals surface area (Å²) in [6, 6.07) is 9.79. The summed E-state index contributed by atoms with van der Waals surface area (Å²) in [7, 11) is 0. The zero-order chi connectivity index (χ0) is 20.7. The fourth-order valence-corrected chi connectivity index (χ4v) is 3.06. The Morgan fingerprint density at radius 1 is 1.07 bits per heavy atom. The van der Waals surface area contributed by atoms with E-state index in [0.717, 1.165) is 12.0 Å². The molecule has 0 spiro atoms. The monoisotopic (exact) mass is 386 g/mol. The Labute approximate surface area is 165 Å². The van der Waals surface area contributed by atoms with Crippen LogP contribution in [0.25, 0.3) is 0 Å². The van der Waals surface area contributed by atoms with Gasteiger partial charge in [-0.05, 0) is 32.3 Å². The van der Waals surface area contributed by atoms with Gasteiger partial charge in [0.05, 0.1) is 12.5 Å². The molecule has 1 aromatic heterocycles. The van der Waals surface area contributed by atoms with E-state index < -0.39 is 5.56 Å². The lowest BCUT2D eigenvalue weighted by Crippen LogP contribution is -2.41. The number of hydrogen-bond donors (Lipinski definition) is 1. The van der Waals surface area contributed by atoms with E-state index in [0.29, 0.717) is 32.0 Å². The molecule has 2 aromatic rings. The highest BCUT2D eigenvalue weighted by molar-refractivity contribution is 5.86. The molecule has 1 atom stereocenters. The Bertz CT molecular complexity index is 929. The molecule has 1 heterocycles. The summed E-state index contributed by atoms with van der Waals surface area (Å²) in [6.45, 7) is 8.85. The van der Waals surface area contributed by atoms with E-state index in [1.807, 2.05) is 58.0 Å². The fraction of sp³-hybridized carbons (Fsp3) is 0.476. The standard InChI is InChI=1S/C21H30N4O3/c1-5-13-24-18(22)17(20(26)25(14-6-2)21(24)27)23-19(28-7-3)15(4)16-11-9-8-10-12-16/h8-12,15H,5-7,13-14,22H2,1-4H3/t15-/m1/s1. The second-order valence-corrected chi connectivity index (χ2v) is 6.64. The van der Waals surface area contributed by atoms with Crippen molar-refractivity contribution in [3.8, 4) is 0 Å². The summed E-state index contributed by atoms with van der Waals surface area (Å²) < 4.78 is 8.39. The normalized spacial score (nSPS) is 12.8. The molecular weight excluding hydrogens is 356 g/mol. The van der Waals surface area contributed by atoms with Crippen molar-refractivity contribution in [2.24, 2.45) is 4.99 Å². The number of aliphatic imine (C=N–C) groups is 1. The summed E-state index contributed by atoms with van der Waals surface area (Å²) in [4.78, 5) is 30.2. The van der Waals surface area contributed by atoms with Crippen molar-refractivity contribution < 1.29 is 4.74 Å². The molecule has 0 aliphatic rings. The number of aromatic nitrogens is 2. The van der Waals surface area contributed by atoms with Crippen molar-refractivity contribution in [2.75, 3.05) is 12.3 Å². The van der Waals surface area contributed by atoms with Gasteiger partial charge < -0.3 is 10.5 Å². The minimum atomic E-state index is -0.478. The SMILES string of the molecule is CCCn1c(N)c(N=C(OCC)[C@H](C)c2ccccc2)c(=O)n(CCC)c1=O. The Morgan fingerprint density at radius 2 is 1.68 bits per heavy atom. The Hall–Kier alpha value is -2.83. The third kappa shape index (κ3) is 4.52. The van der Waals surface area contributed by atoms with Gasteiger partial charge in [0.25, 0.3) is 5.56 Å². The molecule has 28 heavy (non-hydrogen) atoms. The summed E-state index contributed by atoms with van der Waals surface area (Å²) in [5, 5.41) is 0. The van der Waals surface area contributed by atoms with E-state index in [1.54, 1.807) is 0 Å². The summed E-state index contributed by atoms with van der Waals surface area (Å²) in [5.74, 6) is 0.329. The summed E-state index contributed by atoms with van der Waals surface area (Å²) in [6.07, 6.45) is 1.38. The van der Waals surface area contributed by atoms with Crippen LogP contribution in [-0.2, 0) is 17.8 Å². The van der Waals surface area contributed by atoms with Gasteiger partial charge in [0.1, 0.15) is 5.82 Å². The van der Waals surface area contributed by atoms with Crippen molar-refractivity contribution in [1.29, 1.82) is 0 Å². The molecule has 0 aliphatic carbocycles. The number of benzene rings is 1. The molecule has 0 unspecified atom stereocenters. The van der Waals surface area contributed by atoms with E-state index in [1.165, 1.54) is 9.13 Å². The second kappa shape index (κ2) is 9.92. The molecule has 2 rings (SSSR count). The topological polar surface area (TPSA) is 91.6 Å². The minimum absolute atomic E-state index is 0.0627. The highest BCUT2D eigenvalue weighted by Gasteiger charge is 2.20. The maximum absolute atomic E-state index is 13.0. The van der Waals surface area contributed by atoms with Gasteiger partial charge in [-0.2, -0.15) is 0 Å². The third-order valence-electron chi connectivity index (χ3n) is 4.52. The Kier molecular flexibility index (Phi) is 7.61. The Balaban J connectivity index is 2.68. The molecule has 0 aliphatic heterocycles. The predicted molar refractivity (Wildman–Crippen MR) is 114 cm³/mol. The van der Waals surface area contributed by atoms with Gasteiger partial charge in [0, 0.05) is 13.1 Å². The maximum atomic E-state index is 13.0. The van der Waals surface area contributed by atoms with Gasteiger partial charge in [-0.3, -0.25) is 13.9 Å². The van der Waals surface area contributed by atoms with Crippen LogP contribution in [0.1, 0.15) is 52.0 Å². The van der Waals surface area contributed by atoms with E-state index in [2.05, 4.69) is 4.99 Å². The van der Waals surface area contributed by atoms with Crippen LogP contribution in [0.5, 0.6) is 0 Å². The highest BCUT2D eigenvalue weighted by atomic mass is 16.5. The molecule has 0 saturated heterocycles. The first-order valence-corrected chi connectivity index (χ1v) is 9.85. The lowest BCUT2D eigenvalue weighted by Gasteiger charge is -2.18.